The zero-order chi connectivity index (χ0) is 14.0. The van der Waals surface area contributed by atoms with Gasteiger partial charge in [-0.05, 0) is 25.0 Å². The van der Waals surface area contributed by atoms with Gasteiger partial charge in [0.15, 0.2) is 11.6 Å². The molecule has 5 nitrogen and oxygen atoms in total. The largest absolute Gasteiger partial charge is 0.494 e. The minimum atomic E-state index is -1.11. The van der Waals surface area contributed by atoms with Crippen molar-refractivity contribution in [2.45, 2.75) is 12.8 Å². The van der Waals surface area contributed by atoms with E-state index in [0.29, 0.717) is 12.8 Å². The van der Waals surface area contributed by atoms with Gasteiger partial charge in [0, 0.05) is 11.8 Å². The molecule has 1 aromatic rings. The van der Waals surface area contributed by atoms with Gasteiger partial charge in [0.25, 0.3) is 0 Å². The fourth-order valence-electron chi connectivity index (χ4n) is 1.84. The lowest BCUT2D eigenvalue weighted by molar-refractivity contribution is -0.150. The fourth-order valence-corrected chi connectivity index (χ4v) is 1.84. The van der Waals surface area contributed by atoms with Crippen molar-refractivity contribution >= 4 is 17.6 Å². The Labute approximate surface area is 109 Å². The first-order valence-corrected chi connectivity index (χ1v) is 5.77. The molecule has 1 N–H and O–H groups in total. The Morgan fingerprint density at radius 1 is 1.32 bits per heavy atom. The lowest BCUT2D eigenvalue weighted by Crippen LogP contribution is -2.32. The van der Waals surface area contributed by atoms with Crippen LogP contribution in [0.5, 0.6) is 5.75 Å². The highest BCUT2D eigenvalue weighted by molar-refractivity contribution is 6.11. The molecule has 1 aliphatic rings. The van der Waals surface area contributed by atoms with Crippen LogP contribution in [-0.4, -0.2) is 26.1 Å². The molecule has 0 bridgehead atoms. The first-order valence-electron chi connectivity index (χ1n) is 5.77. The quantitative estimate of drug-likeness (QED) is 0.666. The number of ether oxygens (including phenoxy) is 2. The van der Waals surface area contributed by atoms with Crippen LogP contribution >= 0.6 is 0 Å². The second-order valence-electron chi connectivity index (χ2n) is 4.38. The van der Waals surface area contributed by atoms with E-state index < -0.39 is 23.1 Å². The van der Waals surface area contributed by atoms with Crippen LogP contribution in [0.3, 0.4) is 0 Å². The monoisotopic (exact) mass is 267 g/mol. The number of hydrogen-bond donors (Lipinski definition) is 1. The third-order valence-electron chi connectivity index (χ3n) is 3.17. The van der Waals surface area contributed by atoms with Crippen molar-refractivity contribution in [1.82, 2.24) is 0 Å². The molecule has 0 heterocycles. The van der Waals surface area contributed by atoms with Gasteiger partial charge in [0.1, 0.15) is 5.41 Å². The van der Waals surface area contributed by atoms with Gasteiger partial charge in [-0.1, -0.05) is 0 Å². The average molecular weight is 267 g/mol. The molecule has 1 aliphatic carbocycles. The van der Waals surface area contributed by atoms with Gasteiger partial charge in [-0.25, -0.2) is 4.39 Å². The molecular formula is C13H14FNO4. The number of carbonyl (C=O) groups excluding carboxylic acids is 2. The van der Waals surface area contributed by atoms with Crippen molar-refractivity contribution in [2.24, 2.45) is 5.41 Å². The van der Waals surface area contributed by atoms with E-state index in [1.807, 2.05) is 0 Å². The molecule has 0 unspecified atom stereocenters. The fraction of sp³-hybridized carbons (Fsp3) is 0.385. The van der Waals surface area contributed by atoms with E-state index in [9.17, 15) is 14.0 Å². The molecule has 19 heavy (non-hydrogen) atoms. The minimum Gasteiger partial charge on any atom is -0.494 e. The summed E-state index contributed by atoms with van der Waals surface area (Å²) in [7, 11) is 2.59. The van der Waals surface area contributed by atoms with Crippen LogP contribution in [0, 0.1) is 11.2 Å². The summed E-state index contributed by atoms with van der Waals surface area (Å²) >= 11 is 0. The molecule has 2 rings (SSSR count). The first-order chi connectivity index (χ1) is 9.03. The predicted octanol–water partition coefficient (Wildman–Crippen LogP) is 1.73. The van der Waals surface area contributed by atoms with E-state index in [1.165, 1.54) is 26.4 Å². The van der Waals surface area contributed by atoms with Gasteiger partial charge < -0.3 is 14.8 Å². The van der Waals surface area contributed by atoms with E-state index in [2.05, 4.69) is 10.1 Å². The highest BCUT2D eigenvalue weighted by Crippen LogP contribution is 2.47. The zero-order valence-corrected chi connectivity index (χ0v) is 10.7. The van der Waals surface area contributed by atoms with Gasteiger partial charge in [0.05, 0.1) is 14.2 Å². The van der Waals surface area contributed by atoms with Crippen molar-refractivity contribution in [2.75, 3.05) is 19.5 Å². The predicted molar refractivity (Wildman–Crippen MR) is 65.3 cm³/mol. The SMILES string of the molecule is COC(=O)C1(C(=O)Nc2ccc(OC)c(F)c2)CC1. The van der Waals surface area contributed by atoms with Crippen LogP contribution in [0.25, 0.3) is 0 Å². The molecule has 0 aliphatic heterocycles. The molecule has 102 valence electrons. The second kappa shape index (κ2) is 4.87. The number of rotatable bonds is 4. The molecular weight excluding hydrogens is 253 g/mol. The maximum absolute atomic E-state index is 13.5. The molecule has 0 saturated heterocycles. The molecule has 0 aromatic heterocycles. The summed E-state index contributed by atoms with van der Waals surface area (Å²) in [5, 5.41) is 2.52. The molecule has 1 saturated carbocycles. The van der Waals surface area contributed by atoms with Crippen molar-refractivity contribution < 1.29 is 23.5 Å². The van der Waals surface area contributed by atoms with Gasteiger partial charge in [-0.3, -0.25) is 9.59 Å². The highest BCUT2D eigenvalue weighted by atomic mass is 19.1. The molecule has 1 amide bonds. The summed E-state index contributed by atoms with van der Waals surface area (Å²) in [5.74, 6) is -1.52. The number of nitrogens with one attached hydrogen (secondary N) is 1. The van der Waals surface area contributed by atoms with E-state index in [1.54, 1.807) is 0 Å². The van der Waals surface area contributed by atoms with Crippen molar-refractivity contribution in [3.63, 3.8) is 0 Å². The van der Waals surface area contributed by atoms with Gasteiger partial charge in [-0.2, -0.15) is 0 Å². The Morgan fingerprint density at radius 3 is 2.47 bits per heavy atom. The van der Waals surface area contributed by atoms with Gasteiger partial charge in [0.2, 0.25) is 5.91 Å². The number of esters is 1. The number of benzene rings is 1. The van der Waals surface area contributed by atoms with Crippen LogP contribution in [0.1, 0.15) is 12.8 Å². The number of amides is 1. The topological polar surface area (TPSA) is 64.6 Å². The van der Waals surface area contributed by atoms with E-state index in [0.717, 1.165) is 6.07 Å². The van der Waals surface area contributed by atoms with E-state index >= 15 is 0 Å². The Kier molecular flexibility index (Phi) is 3.42. The zero-order valence-electron chi connectivity index (χ0n) is 10.7. The molecule has 0 atom stereocenters. The van der Waals surface area contributed by atoms with E-state index in [4.69, 9.17) is 4.74 Å². The van der Waals surface area contributed by atoms with Crippen molar-refractivity contribution in [3.05, 3.63) is 24.0 Å². The van der Waals surface area contributed by atoms with Crippen LogP contribution < -0.4 is 10.1 Å². The van der Waals surface area contributed by atoms with Crippen LogP contribution in [-0.2, 0) is 14.3 Å². The number of anilines is 1. The maximum atomic E-state index is 13.5. The summed E-state index contributed by atoms with van der Waals surface area (Å²) < 4.78 is 22.9. The van der Waals surface area contributed by atoms with Crippen molar-refractivity contribution in [3.8, 4) is 5.75 Å². The second-order valence-corrected chi connectivity index (χ2v) is 4.38. The smallest absolute Gasteiger partial charge is 0.321 e. The third kappa shape index (κ3) is 2.38. The molecule has 1 aromatic carbocycles. The Bertz CT molecular complexity index is 525. The molecule has 0 radical (unpaired) electrons. The Balaban J connectivity index is 2.12. The van der Waals surface area contributed by atoms with E-state index in [-0.39, 0.29) is 11.4 Å². The number of methoxy groups -OCH3 is 2. The summed E-state index contributed by atoms with van der Waals surface area (Å²) in [6.07, 6.45) is 0.897. The highest BCUT2D eigenvalue weighted by Gasteiger charge is 2.57. The number of carbonyl (C=O) groups is 2. The minimum absolute atomic E-state index is 0.0899. The first kappa shape index (κ1) is 13.3. The molecule has 1 fully saturated rings. The number of halogens is 1. The summed E-state index contributed by atoms with van der Waals surface area (Å²) in [5.41, 5.74) is -0.830. The summed E-state index contributed by atoms with van der Waals surface area (Å²) in [4.78, 5) is 23.5. The summed E-state index contributed by atoms with van der Waals surface area (Å²) in [6.45, 7) is 0. The maximum Gasteiger partial charge on any atom is 0.321 e. The van der Waals surface area contributed by atoms with Crippen LogP contribution in [0.15, 0.2) is 18.2 Å². The van der Waals surface area contributed by atoms with Crippen molar-refractivity contribution in [1.29, 1.82) is 0 Å². The summed E-state index contributed by atoms with van der Waals surface area (Å²) in [6, 6.07) is 4.06. The third-order valence-corrected chi connectivity index (χ3v) is 3.17. The number of hydrogen-bond acceptors (Lipinski definition) is 4. The lowest BCUT2D eigenvalue weighted by Gasteiger charge is -2.13. The molecule has 6 heteroatoms. The lowest BCUT2D eigenvalue weighted by atomic mass is 10.1. The Hall–Kier alpha value is -2.11. The normalized spacial score (nSPS) is 15.5. The standard InChI is InChI=1S/C13H14FNO4/c1-18-10-4-3-8(7-9(10)14)15-11(16)13(5-6-13)12(17)19-2/h3-4,7H,5-6H2,1-2H3,(H,15,16). The molecule has 0 spiro atoms. The van der Waals surface area contributed by atoms with Gasteiger partial charge >= 0.3 is 5.97 Å². The average Bonchev–Trinajstić information content (AvgIpc) is 3.19. The Morgan fingerprint density at radius 2 is 2.00 bits per heavy atom. The van der Waals surface area contributed by atoms with Gasteiger partial charge in [-0.15, -0.1) is 0 Å². The van der Waals surface area contributed by atoms with Crippen LogP contribution in [0.2, 0.25) is 0 Å². The van der Waals surface area contributed by atoms with Crippen LogP contribution in [0.4, 0.5) is 10.1 Å².